The second kappa shape index (κ2) is 35.0. The molecule has 11 aromatic rings. The molecule has 4 saturated heterocycles. The molecule has 0 atom stereocenters. The number of anilines is 4. The second-order valence-electron chi connectivity index (χ2n) is 21.3. The van der Waals surface area contributed by atoms with Gasteiger partial charge in [0.15, 0.2) is 28.4 Å². The third-order valence-corrected chi connectivity index (χ3v) is 17.0. The van der Waals surface area contributed by atoms with Gasteiger partial charge in [-0.15, -0.1) is 40.1 Å². The number of piperazine rings is 4. The van der Waals surface area contributed by atoms with E-state index in [-0.39, 0.29) is 79.6 Å². The molecule has 45 heteroatoms. The van der Waals surface area contributed by atoms with E-state index in [0.29, 0.717) is 137 Å². The maximum atomic E-state index is 13.8. The van der Waals surface area contributed by atoms with Crippen molar-refractivity contribution in [1.29, 1.82) is 0 Å². The number of hydrogen-bond donors (Lipinski definition) is 4. The number of benzene rings is 4. The molecular formula is C52H58B2Cl7F4N28NaO3. The number of aliphatic hydroxyl groups excluding tert-OH is 1. The van der Waals surface area contributed by atoms with Crippen LogP contribution in [0.25, 0.3) is 77.0 Å². The zero-order valence-corrected chi connectivity index (χ0v) is 59.6. The van der Waals surface area contributed by atoms with E-state index in [9.17, 15) is 27.6 Å². The van der Waals surface area contributed by atoms with Gasteiger partial charge in [0, 0.05) is 136 Å². The van der Waals surface area contributed by atoms with Gasteiger partial charge >= 0.3 is 43.7 Å². The van der Waals surface area contributed by atoms with Crippen LogP contribution in [0, 0.1) is 23.3 Å². The maximum absolute atomic E-state index is 13.8. The first kappa shape index (κ1) is 77.9. The molecule has 31 nitrogen and oxygen atoms in total. The first-order valence-corrected chi connectivity index (χ1v) is 30.8. The van der Waals surface area contributed by atoms with Crippen molar-refractivity contribution in [2.45, 2.75) is 13.6 Å². The molecule has 4 fully saturated rings. The Morgan fingerprint density at radius 1 is 0.443 bits per heavy atom. The molecule has 11 heterocycles. The van der Waals surface area contributed by atoms with Gasteiger partial charge in [-0.25, -0.2) is 42.5 Å². The molecule has 0 aliphatic carbocycles. The summed E-state index contributed by atoms with van der Waals surface area (Å²) in [5.74, 6) is 0.391. The number of hydrogen-bond acceptors (Lipinski definition) is 25. The molecule has 7 aromatic heterocycles. The number of fused-ring (bicyclic) bond motifs is 10. The number of aromatic nitrogens is 17. The molecular weight excluding hydrogens is 1430 g/mol. The average Bonchev–Trinajstić information content (AvgIpc) is 1.76. The second-order valence-corrected chi connectivity index (χ2v) is 23.3. The summed E-state index contributed by atoms with van der Waals surface area (Å²) in [5.41, 5.74) is 19.1. The molecule has 4 aromatic carbocycles. The molecule has 97 heavy (non-hydrogen) atoms. The van der Waals surface area contributed by atoms with Crippen molar-refractivity contribution < 1.29 is 62.3 Å². The Balaban J connectivity index is 0.000000176. The summed E-state index contributed by atoms with van der Waals surface area (Å²) in [4.78, 5) is 38.2. The standard InChI is InChI=1S/C13H14BCl2FN4O.C13H14BClFN7O.C13H13ClFN7.C12H11ClFN7.CH4O.2ClH.N3.Na/c1-14(22)21-4-2-20(3-5-21)13-12(16)18-10-6-8(15)9(17)7-11(10)19-13;1-14(24)22-4-2-21(3-5-22)12-13-18-19-20-23(13)11-6-8(15)9(16)7-10(11)17-12;1-20-2-4-21(5-3-20)12-13-17-18-19-22(13)11-6-8(14)9(15)7-10(11)16-12;13-7-5-10-9(6-8(7)14)16-11(12-17-18-19-21(10)12)20-3-1-15-2-4-20;1-2;;;1-3-2;/h6-7,22H,2-5H2,1H3;6-7,24H,2-5H2,1H3;6-7H,2-5H2,1H3;5-6,15H,1-4H2;2H,1H3;2*1H;;/q;;;;;;;-1;+1. The van der Waals surface area contributed by atoms with E-state index in [0.717, 1.165) is 59.5 Å². The minimum absolute atomic E-state index is 0. The number of nitrogens with zero attached hydrogens (tertiary/aromatic N) is 27. The molecule has 508 valence electrons. The van der Waals surface area contributed by atoms with Gasteiger partial charge in [-0.1, -0.05) is 58.0 Å². The Bertz CT molecular complexity index is 4550. The van der Waals surface area contributed by atoms with Crippen LogP contribution in [0.1, 0.15) is 0 Å². The van der Waals surface area contributed by atoms with E-state index >= 15 is 0 Å². The predicted molar refractivity (Wildman–Crippen MR) is 365 cm³/mol. The summed E-state index contributed by atoms with van der Waals surface area (Å²) in [6, 6.07) is 11.0. The van der Waals surface area contributed by atoms with Crippen LogP contribution >= 0.6 is 82.8 Å². The largest absolute Gasteiger partial charge is 1.00 e. The fourth-order valence-corrected chi connectivity index (χ4v) is 11.6. The van der Waals surface area contributed by atoms with Crippen LogP contribution in [-0.4, -0.2) is 248 Å². The minimum atomic E-state index is -0.533. The number of tetrazole rings is 3. The summed E-state index contributed by atoms with van der Waals surface area (Å²) in [6.07, 6.45) is 0. The maximum Gasteiger partial charge on any atom is 1.00 e. The van der Waals surface area contributed by atoms with E-state index < -0.39 is 37.4 Å². The summed E-state index contributed by atoms with van der Waals surface area (Å²) in [5, 5.41) is 65.1. The summed E-state index contributed by atoms with van der Waals surface area (Å²) < 4.78 is 59.5. The topological polar surface area (TPSA) is 348 Å². The van der Waals surface area contributed by atoms with Crippen molar-refractivity contribution in [3.63, 3.8) is 0 Å². The molecule has 0 amide bonds. The summed E-state index contributed by atoms with van der Waals surface area (Å²) in [6.45, 7) is 15.8. The predicted octanol–water partition coefficient (Wildman–Crippen LogP) is 3.42. The van der Waals surface area contributed by atoms with Crippen LogP contribution in [0.15, 0.2) is 48.5 Å². The van der Waals surface area contributed by atoms with Gasteiger partial charge in [0.05, 0.1) is 64.2 Å². The van der Waals surface area contributed by atoms with Crippen molar-refractivity contribution in [3.8, 4) is 0 Å². The van der Waals surface area contributed by atoms with Gasteiger partial charge in [0.1, 0.15) is 23.3 Å². The van der Waals surface area contributed by atoms with Crippen LogP contribution in [0.5, 0.6) is 0 Å². The van der Waals surface area contributed by atoms with Crippen molar-refractivity contribution in [1.82, 2.24) is 105 Å². The number of aliphatic hydroxyl groups is 1. The van der Waals surface area contributed by atoms with Crippen LogP contribution in [-0.2, 0) is 0 Å². The van der Waals surface area contributed by atoms with E-state index in [1.807, 2.05) is 19.4 Å². The normalized spacial score (nSPS) is 15.1. The molecule has 4 aliphatic heterocycles. The number of halogens is 11. The molecule has 0 radical (unpaired) electrons. The quantitative estimate of drug-likeness (QED) is 0.0609. The Labute approximate surface area is 609 Å². The monoisotopic (exact) mass is 1490 g/mol. The Morgan fingerprint density at radius 3 is 1.08 bits per heavy atom. The molecule has 4 aliphatic rings. The Hall–Kier alpha value is -6.45. The van der Waals surface area contributed by atoms with Crippen molar-refractivity contribution in [2.24, 2.45) is 0 Å². The first-order chi connectivity index (χ1) is 45.3. The number of nitrogens with one attached hydrogen (secondary N) is 1. The molecule has 0 bridgehead atoms. The van der Waals surface area contributed by atoms with Crippen molar-refractivity contribution in [3.05, 3.63) is 113 Å². The van der Waals surface area contributed by atoms with E-state index in [4.69, 9.17) is 74.2 Å². The molecule has 0 unspecified atom stereocenters. The van der Waals surface area contributed by atoms with Gasteiger partial charge in [0.25, 0.3) is 0 Å². The minimum Gasteiger partial charge on any atom is -0.437 e. The van der Waals surface area contributed by atoms with E-state index in [1.165, 1.54) is 58.0 Å². The third kappa shape index (κ3) is 17.6. The van der Waals surface area contributed by atoms with Gasteiger partial charge in [-0.05, 0) is 76.2 Å². The number of likely N-dealkylation sites (N-methyl/N-ethyl adjacent to an activating group) is 1. The van der Waals surface area contributed by atoms with Crippen molar-refractivity contribution in [2.75, 3.05) is 138 Å². The van der Waals surface area contributed by atoms with Crippen LogP contribution in [0.2, 0.25) is 38.9 Å². The first-order valence-electron chi connectivity index (χ1n) is 28.9. The van der Waals surface area contributed by atoms with Gasteiger partial charge < -0.3 is 65.7 Å². The zero-order valence-electron chi connectivity index (χ0n) is 52.2. The molecule has 15 rings (SSSR count). The van der Waals surface area contributed by atoms with Crippen LogP contribution in [0.4, 0.5) is 40.8 Å². The molecule has 0 saturated carbocycles. The number of rotatable bonds is 6. The summed E-state index contributed by atoms with van der Waals surface area (Å²) >= 11 is 29.5. The van der Waals surface area contributed by atoms with Crippen LogP contribution < -0.4 is 54.5 Å². The van der Waals surface area contributed by atoms with E-state index in [2.05, 4.69) is 98.6 Å². The fourth-order valence-electron chi connectivity index (χ4n) is 10.7. The third-order valence-electron chi connectivity index (χ3n) is 15.6. The average molecular weight is 1490 g/mol. The fraction of sp³-hybridized carbons (Fsp3) is 0.385. The molecule has 4 N–H and O–H groups in total. The van der Waals surface area contributed by atoms with Crippen molar-refractivity contribution >= 4 is 181 Å². The van der Waals surface area contributed by atoms with Crippen LogP contribution in [0.3, 0.4) is 0 Å². The SMILES string of the molecule is CB(O)N1CCN(c2nc3cc(F)c(Cl)cc3n3nnnc23)CC1.CB(O)N1CCN(c2nc3cc(F)c(Cl)cc3nc2Cl)CC1.CN1CCN(c2nc3cc(F)c(Cl)cc3n3nnnc23)CC1.CO.Cl.Cl.Fc1cc2nc(N3CCNCC3)c3nnnn3c2cc1Cl.[N-]=[N+]=[N-].[Na+]. The Morgan fingerprint density at radius 2 is 0.732 bits per heavy atom. The smallest absolute Gasteiger partial charge is 0.437 e. The van der Waals surface area contributed by atoms with Gasteiger partial charge in [-0.2, -0.15) is 13.5 Å². The molecule has 0 spiro atoms. The zero-order chi connectivity index (χ0) is 67.1. The Kier molecular flexibility index (Phi) is 28.1. The summed E-state index contributed by atoms with van der Waals surface area (Å²) in [7, 11) is 2.12. The van der Waals surface area contributed by atoms with Gasteiger partial charge in [-0.3, -0.25) is 4.91 Å². The van der Waals surface area contributed by atoms with Gasteiger partial charge in [0.2, 0.25) is 16.9 Å². The van der Waals surface area contributed by atoms with E-state index in [1.54, 1.807) is 22.7 Å².